The minimum absolute atomic E-state index is 0. The monoisotopic (exact) mass is 288 g/mol. The number of hydrogen-bond donors (Lipinski definition) is 6. The molecule has 0 heterocycles. The molecule has 0 fully saturated rings. The Morgan fingerprint density at radius 2 is 0.778 bits per heavy atom. The van der Waals surface area contributed by atoms with E-state index in [4.69, 9.17) is 35.4 Å². The Balaban J connectivity index is 0. The Hall–Kier alpha value is 0.0700. The molecule has 0 aromatic heterocycles. The Morgan fingerprint density at radius 3 is 0.944 bits per heavy atom. The third-order valence-electron chi connectivity index (χ3n) is 2.83. The van der Waals surface area contributed by atoms with E-state index in [0.29, 0.717) is 0 Å². The molecule has 0 rings (SSSR count). The molecule has 0 aliphatic heterocycles. The lowest BCUT2D eigenvalue weighted by Gasteiger charge is -2.31. The van der Waals surface area contributed by atoms with Gasteiger partial charge in [-0.2, -0.15) is 13.5 Å². The smallest absolute Gasteiger partial charge is 0.0629 e. The SMILES string of the molecule is OCC(CO)(CO)COCC(CO)(CO)CO.S. The first-order valence-corrected chi connectivity index (χ1v) is 5.30. The van der Waals surface area contributed by atoms with Gasteiger partial charge in [0, 0.05) is 0 Å². The van der Waals surface area contributed by atoms with Crippen molar-refractivity contribution in [2.45, 2.75) is 0 Å². The van der Waals surface area contributed by atoms with E-state index in [-0.39, 0.29) is 26.7 Å². The normalized spacial score (nSPS) is 12.3. The van der Waals surface area contributed by atoms with E-state index >= 15 is 0 Å². The van der Waals surface area contributed by atoms with E-state index in [0.717, 1.165) is 0 Å². The summed E-state index contributed by atoms with van der Waals surface area (Å²) in [7, 11) is 0. The van der Waals surface area contributed by atoms with Crippen molar-refractivity contribution in [3.63, 3.8) is 0 Å². The maximum atomic E-state index is 9.03. The van der Waals surface area contributed by atoms with E-state index in [1.54, 1.807) is 0 Å². The summed E-state index contributed by atoms with van der Waals surface area (Å²) in [5.74, 6) is 0. The highest BCUT2D eigenvalue weighted by atomic mass is 32.1. The highest BCUT2D eigenvalue weighted by molar-refractivity contribution is 7.59. The first-order valence-electron chi connectivity index (χ1n) is 5.30. The topological polar surface area (TPSA) is 131 Å². The largest absolute Gasteiger partial charge is 0.396 e. The van der Waals surface area contributed by atoms with Crippen LogP contribution in [0.3, 0.4) is 0 Å². The molecule has 7 nitrogen and oxygen atoms in total. The molecule has 6 N–H and O–H groups in total. The molecule has 0 atom stereocenters. The van der Waals surface area contributed by atoms with Crippen LogP contribution < -0.4 is 0 Å². The molecule has 0 radical (unpaired) electrons. The average molecular weight is 288 g/mol. The zero-order chi connectivity index (χ0) is 13.4. The van der Waals surface area contributed by atoms with Gasteiger partial charge in [0.25, 0.3) is 0 Å². The van der Waals surface area contributed by atoms with Crippen LogP contribution in [0.25, 0.3) is 0 Å². The fourth-order valence-electron chi connectivity index (χ4n) is 1.06. The maximum absolute atomic E-state index is 9.03. The van der Waals surface area contributed by atoms with Gasteiger partial charge in [-0.1, -0.05) is 0 Å². The van der Waals surface area contributed by atoms with Crippen molar-refractivity contribution in [3.8, 4) is 0 Å². The summed E-state index contributed by atoms with van der Waals surface area (Å²) in [4.78, 5) is 0. The molecule has 0 saturated heterocycles. The van der Waals surface area contributed by atoms with Gasteiger partial charge in [0.15, 0.2) is 0 Å². The van der Waals surface area contributed by atoms with Gasteiger partial charge in [0.05, 0.1) is 63.7 Å². The highest BCUT2D eigenvalue weighted by Crippen LogP contribution is 2.19. The van der Waals surface area contributed by atoms with Crippen molar-refractivity contribution in [3.05, 3.63) is 0 Å². The number of aliphatic hydroxyl groups is 6. The fraction of sp³-hybridized carbons (Fsp3) is 1.00. The number of rotatable bonds is 10. The van der Waals surface area contributed by atoms with E-state index in [1.807, 2.05) is 0 Å². The van der Waals surface area contributed by atoms with Crippen LogP contribution in [0.1, 0.15) is 0 Å². The molecule has 18 heavy (non-hydrogen) atoms. The summed E-state index contributed by atoms with van der Waals surface area (Å²) in [6.07, 6.45) is 0. The van der Waals surface area contributed by atoms with Crippen molar-refractivity contribution in [1.29, 1.82) is 0 Å². The number of ether oxygens (including phenoxy) is 1. The first-order chi connectivity index (χ1) is 8.07. The molecular formula is C10H24O7S. The minimum Gasteiger partial charge on any atom is -0.396 e. The highest BCUT2D eigenvalue weighted by Gasteiger charge is 2.32. The van der Waals surface area contributed by atoms with Crippen LogP contribution in [-0.4, -0.2) is 83.5 Å². The molecule has 0 saturated carbocycles. The van der Waals surface area contributed by atoms with Crippen molar-refractivity contribution in [2.24, 2.45) is 10.8 Å². The van der Waals surface area contributed by atoms with Gasteiger partial charge < -0.3 is 35.4 Å². The zero-order valence-corrected chi connectivity index (χ0v) is 11.2. The van der Waals surface area contributed by atoms with Crippen molar-refractivity contribution in [2.75, 3.05) is 52.9 Å². The molecule has 0 amide bonds. The van der Waals surface area contributed by atoms with Crippen LogP contribution in [0.5, 0.6) is 0 Å². The van der Waals surface area contributed by atoms with Crippen LogP contribution in [0.4, 0.5) is 0 Å². The van der Waals surface area contributed by atoms with Crippen LogP contribution in [0.15, 0.2) is 0 Å². The van der Waals surface area contributed by atoms with E-state index in [9.17, 15) is 0 Å². The summed E-state index contributed by atoms with van der Waals surface area (Å²) < 4.78 is 5.15. The summed E-state index contributed by atoms with van der Waals surface area (Å²) in [5, 5.41) is 54.2. The Labute approximate surface area is 113 Å². The zero-order valence-electron chi connectivity index (χ0n) is 10.2. The molecule has 0 spiro atoms. The van der Waals surface area contributed by atoms with Crippen molar-refractivity contribution >= 4 is 13.5 Å². The van der Waals surface area contributed by atoms with Crippen molar-refractivity contribution < 1.29 is 35.4 Å². The lowest BCUT2D eigenvalue weighted by Crippen LogP contribution is -2.43. The van der Waals surface area contributed by atoms with Crippen LogP contribution in [0.2, 0.25) is 0 Å². The summed E-state index contributed by atoms with van der Waals surface area (Å²) >= 11 is 0. The molecule has 0 bridgehead atoms. The predicted octanol–water partition coefficient (Wildman–Crippen LogP) is -2.96. The van der Waals surface area contributed by atoms with Gasteiger partial charge in [-0.3, -0.25) is 0 Å². The summed E-state index contributed by atoms with van der Waals surface area (Å²) in [6.45, 7) is -3.01. The first kappa shape index (κ1) is 20.4. The minimum atomic E-state index is -1.16. The lowest BCUT2D eigenvalue weighted by molar-refractivity contribution is -0.103. The van der Waals surface area contributed by atoms with Crippen molar-refractivity contribution in [1.82, 2.24) is 0 Å². The Bertz CT molecular complexity index is 158. The quantitative estimate of drug-likeness (QED) is 0.253. The molecule has 0 aliphatic carbocycles. The molecule has 112 valence electrons. The molecule has 0 aromatic rings. The summed E-state index contributed by atoms with van der Waals surface area (Å²) in [5.41, 5.74) is -2.32. The second-order valence-corrected chi connectivity index (χ2v) is 4.44. The fourth-order valence-corrected chi connectivity index (χ4v) is 1.06. The van der Waals surface area contributed by atoms with E-state index in [1.165, 1.54) is 0 Å². The molecule has 0 aliphatic rings. The van der Waals surface area contributed by atoms with Crippen LogP contribution in [-0.2, 0) is 4.74 Å². The Morgan fingerprint density at radius 1 is 0.556 bits per heavy atom. The molecular weight excluding hydrogens is 264 g/mol. The second-order valence-electron chi connectivity index (χ2n) is 4.44. The van der Waals surface area contributed by atoms with E-state index in [2.05, 4.69) is 0 Å². The second kappa shape index (κ2) is 9.93. The predicted molar refractivity (Wildman–Crippen MR) is 68.6 cm³/mol. The third-order valence-corrected chi connectivity index (χ3v) is 2.83. The van der Waals surface area contributed by atoms with Gasteiger partial charge in [0.2, 0.25) is 0 Å². The van der Waals surface area contributed by atoms with Gasteiger partial charge in [-0.05, 0) is 0 Å². The lowest BCUT2D eigenvalue weighted by atomic mass is 9.91. The van der Waals surface area contributed by atoms with Gasteiger partial charge >= 0.3 is 0 Å². The Kier molecular flexibility index (Phi) is 11.2. The molecule has 0 aromatic carbocycles. The van der Waals surface area contributed by atoms with Crippen LogP contribution >= 0.6 is 13.5 Å². The third kappa shape index (κ3) is 5.37. The maximum Gasteiger partial charge on any atom is 0.0629 e. The van der Waals surface area contributed by atoms with E-state index < -0.39 is 50.5 Å². The molecule has 8 heteroatoms. The van der Waals surface area contributed by atoms with Gasteiger partial charge in [-0.25, -0.2) is 0 Å². The van der Waals surface area contributed by atoms with Crippen LogP contribution in [0, 0.1) is 10.8 Å². The average Bonchev–Trinajstić information content (AvgIpc) is 2.41. The van der Waals surface area contributed by atoms with Gasteiger partial charge in [0.1, 0.15) is 0 Å². The summed E-state index contributed by atoms with van der Waals surface area (Å²) in [6, 6.07) is 0. The molecule has 0 unspecified atom stereocenters. The number of hydrogen-bond acceptors (Lipinski definition) is 7. The number of aliphatic hydroxyl groups excluding tert-OH is 6. The standard InChI is InChI=1S/C10H22O7.H2S/c11-1-9(2-12,3-13)7-17-8-10(4-14,5-15)6-16;/h11-16H,1-8H2;1H2. The van der Waals surface area contributed by atoms with Gasteiger partial charge in [-0.15, -0.1) is 0 Å².